The van der Waals surface area contributed by atoms with Crippen molar-refractivity contribution in [2.24, 2.45) is 35.5 Å². The van der Waals surface area contributed by atoms with Crippen molar-refractivity contribution in [2.45, 2.75) is 35.8 Å². The van der Waals surface area contributed by atoms with Gasteiger partial charge in [-0.25, -0.2) is 0 Å². The fourth-order valence-corrected chi connectivity index (χ4v) is 8.72. The SMILES string of the molecule is Cc1ccc(S(=O)(=O)OC2C3C=CC4C(OS(=O)(=O)c5ccc(C)cc5)C5C=CC2C5C34)cc1. The molecule has 0 amide bonds. The minimum atomic E-state index is -3.92. The molecule has 0 heterocycles. The van der Waals surface area contributed by atoms with E-state index in [1.54, 1.807) is 48.5 Å². The van der Waals surface area contributed by atoms with Crippen LogP contribution in [0.15, 0.2) is 82.6 Å². The van der Waals surface area contributed by atoms with E-state index in [1.165, 1.54) is 0 Å². The van der Waals surface area contributed by atoms with Gasteiger partial charge in [0.15, 0.2) is 0 Å². The lowest BCUT2D eigenvalue weighted by Crippen LogP contribution is -2.32. The molecule has 0 aromatic heterocycles. The molecule has 2 saturated carbocycles. The fraction of sp³-hybridized carbons (Fsp3) is 0.385. The van der Waals surface area contributed by atoms with Crippen molar-refractivity contribution >= 4 is 20.2 Å². The summed E-state index contributed by atoms with van der Waals surface area (Å²) < 4.78 is 63.8. The summed E-state index contributed by atoms with van der Waals surface area (Å²) in [5, 5.41) is 0. The van der Waals surface area contributed by atoms with Crippen LogP contribution in [-0.4, -0.2) is 29.0 Å². The predicted molar refractivity (Wildman–Crippen MR) is 126 cm³/mol. The summed E-state index contributed by atoms with van der Waals surface area (Å²) in [5.74, 6) is -0.179. The molecule has 0 saturated heterocycles. The average Bonchev–Trinajstić information content (AvgIpc) is 3.51. The summed E-state index contributed by atoms with van der Waals surface area (Å²) in [6.07, 6.45) is 7.00. The lowest BCUT2D eigenvalue weighted by atomic mass is 9.88. The fourth-order valence-electron chi connectivity index (χ4n) is 6.46. The van der Waals surface area contributed by atoms with Gasteiger partial charge in [0.05, 0.1) is 22.0 Å². The zero-order valence-electron chi connectivity index (χ0n) is 18.8. The molecular weight excluding hydrogens is 472 g/mol. The molecule has 6 rings (SSSR count). The summed E-state index contributed by atoms with van der Waals surface area (Å²) in [6, 6.07) is 13.3. The van der Waals surface area contributed by atoms with E-state index >= 15 is 0 Å². The number of aryl methyl sites for hydroxylation is 2. The highest BCUT2D eigenvalue weighted by molar-refractivity contribution is 7.87. The molecule has 0 spiro atoms. The smallest absolute Gasteiger partial charge is 0.262 e. The molecule has 6 nitrogen and oxygen atoms in total. The summed E-state index contributed by atoms with van der Waals surface area (Å²) in [4.78, 5) is 0.301. The molecule has 0 radical (unpaired) electrons. The molecule has 34 heavy (non-hydrogen) atoms. The lowest BCUT2D eigenvalue weighted by Gasteiger charge is -2.24. The molecular formula is C26H26O6S2. The Hall–Kier alpha value is -2.26. The third kappa shape index (κ3) is 3.34. The van der Waals surface area contributed by atoms with Crippen LogP contribution in [0.4, 0.5) is 0 Å². The third-order valence-corrected chi connectivity index (χ3v) is 10.6. The maximum absolute atomic E-state index is 13.0. The molecule has 4 aliphatic carbocycles. The van der Waals surface area contributed by atoms with Crippen LogP contribution >= 0.6 is 0 Å². The molecule has 4 atom stereocenters. The van der Waals surface area contributed by atoms with Gasteiger partial charge in [-0.05, 0) is 49.9 Å². The molecule has 0 bridgehead atoms. The van der Waals surface area contributed by atoms with E-state index < -0.39 is 32.4 Å². The van der Waals surface area contributed by atoms with Gasteiger partial charge in [0.25, 0.3) is 20.2 Å². The topological polar surface area (TPSA) is 86.7 Å². The van der Waals surface area contributed by atoms with Crippen molar-refractivity contribution in [1.82, 2.24) is 0 Å². The van der Waals surface area contributed by atoms with Crippen LogP contribution < -0.4 is 0 Å². The van der Waals surface area contributed by atoms with Crippen LogP contribution in [-0.2, 0) is 28.6 Å². The number of hydrogen-bond donors (Lipinski definition) is 0. The molecule has 0 aliphatic heterocycles. The van der Waals surface area contributed by atoms with Crippen LogP contribution in [0.25, 0.3) is 0 Å². The molecule has 178 valence electrons. The molecule has 2 aromatic rings. The van der Waals surface area contributed by atoms with Crippen LogP contribution in [0, 0.1) is 49.4 Å². The Labute approximate surface area is 200 Å². The van der Waals surface area contributed by atoms with Gasteiger partial charge in [-0.2, -0.15) is 16.8 Å². The lowest BCUT2D eigenvalue weighted by molar-refractivity contribution is 0.110. The van der Waals surface area contributed by atoms with Crippen molar-refractivity contribution in [2.75, 3.05) is 0 Å². The van der Waals surface area contributed by atoms with E-state index in [2.05, 4.69) is 0 Å². The largest absolute Gasteiger partial charge is 0.297 e. The maximum Gasteiger partial charge on any atom is 0.297 e. The van der Waals surface area contributed by atoms with Crippen LogP contribution in [0.2, 0.25) is 0 Å². The Morgan fingerprint density at radius 3 is 1.12 bits per heavy atom. The predicted octanol–water partition coefficient (Wildman–Crippen LogP) is 4.02. The first-order chi connectivity index (χ1) is 16.2. The van der Waals surface area contributed by atoms with E-state index in [1.807, 2.05) is 38.2 Å². The number of hydrogen-bond acceptors (Lipinski definition) is 6. The second kappa shape index (κ2) is 7.62. The quantitative estimate of drug-likeness (QED) is 0.442. The van der Waals surface area contributed by atoms with Gasteiger partial charge in [-0.1, -0.05) is 59.7 Å². The highest BCUT2D eigenvalue weighted by Gasteiger charge is 2.66. The van der Waals surface area contributed by atoms with E-state index in [4.69, 9.17) is 8.37 Å². The normalized spacial score (nSPS) is 35.2. The van der Waals surface area contributed by atoms with Gasteiger partial charge in [0.2, 0.25) is 0 Å². The third-order valence-electron chi connectivity index (χ3n) is 7.95. The highest BCUT2D eigenvalue weighted by Crippen LogP contribution is 2.65. The first-order valence-corrected chi connectivity index (χ1v) is 14.3. The van der Waals surface area contributed by atoms with Gasteiger partial charge < -0.3 is 0 Å². The van der Waals surface area contributed by atoms with Gasteiger partial charge in [0.1, 0.15) is 0 Å². The second-order valence-electron chi connectivity index (χ2n) is 9.89. The highest BCUT2D eigenvalue weighted by atomic mass is 32.2. The van der Waals surface area contributed by atoms with Gasteiger partial charge >= 0.3 is 0 Å². The summed E-state index contributed by atoms with van der Waals surface area (Å²) >= 11 is 0. The summed E-state index contributed by atoms with van der Waals surface area (Å²) in [6.45, 7) is 3.81. The van der Waals surface area contributed by atoms with E-state index in [0.29, 0.717) is 0 Å². The van der Waals surface area contributed by atoms with Crippen molar-refractivity contribution in [3.05, 3.63) is 84.0 Å². The van der Waals surface area contributed by atoms with Crippen LogP contribution in [0.5, 0.6) is 0 Å². The molecule has 4 unspecified atom stereocenters. The second-order valence-corrected chi connectivity index (χ2v) is 13.0. The zero-order valence-corrected chi connectivity index (χ0v) is 20.4. The van der Waals surface area contributed by atoms with Crippen molar-refractivity contribution in [3.8, 4) is 0 Å². The van der Waals surface area contributed by atoms with Crippen molar-refractivity contribution in [1.29, 1.82) is 0 Å². The van der Waals surface area contributed by atoms with Gasteiger partial charge in [0, 0.05) is 23.7 Å². The Morgan fingerprint density at radius 1 is 0.529 bits per heavy atom. The van der Waals surface area contributed by atoms with Gasteiger partial charge in [-0.15, -0.1) is 0 Å². The van der Waals surface area contributed by atoms with E-state index in [9.17, 15) is 16.8 Å². The maximum atomic E-state index is 13.0. The van der Waals surface area contributed by atoms with Crippen LogP contribution in [0.1, 0.15) is 11.1 Å². The standard InChI is InChI=1S/C26H26O6S2/c1-15-3-7-17(8-4-15)33(27,28)31-25-19-11-13-21-23(19)24-20(25)12-14-22(24)26(21)32-34(29,30)18-9-5-16(2)6-10-18/h3-14,19-26H,1-2H3. The Kier molecular flexibility index (Phi) is 4.98. The first-order valence-electron chi connectivity index (χ1n) is 11.5. The monoisotopic (exact) mass is 498 g/mol. The minimum Gasteiger partial charge on any atom is -0.262 e. The van der Waals surface area contributed by atoms with E-state index in [-0.39, 0.29) is 45.3 Å². The molecule has 4 aliphatic rings. The first kappa shape index (κ1) is 22.2. The van der Waals surface area contributed by atoms with Crippen molar-refractivity contribution < 1.29 is 25.2 Å². The van der Waals surface area contributed by atoms with Gasteiger partial charge in [-0.3, -0.25) is 8.37 Å². The van der Waals surface area contributed by atoms with Crippen LogP contribution in [0.3, 0.4) is 0 Å². The van der Waals surface area contributed by atoms with Crippen molar-refractivity contribution in [3.63, 3.8) is 0 Å². The minimum absolute atomic E-state index is 0.0941. The summed E-state index contributed by atoms with van der Waals surface area (Å²) in [5.41, 5.74) is 1.95. The Balaban J connectivity index is 1.26. The number of benzene rings is 2. The molecule has 0 N–H and O–H groups in total. The Morgan fingerprint density at radius 2 is 0.824 bits per heavy atom. The molecule has 8 heteroatoms. The average molecular weight is 499 g/mol. The molecule has 2 aromatic carbocycles. The summed E-state index contributed by atoms with van der Waals surface area (Å²) in [7, 11) is -7.83. The molecule has 2 fully saturated rings. The van der Waals surface area contributed by atoms with E-state index in [0.717, 1.165) is 11.1 Å². The zero-order chi connectivity index (χ0) is 23.8. The Bertz CT molecular complexity index is 1250. The number of rotatable bonds is 6.